The molecule has 0 aliphatic carbocycles. The van der Waals surface area contributed by atoms with Crippen molar-refractivity contribution in [3.63, 3.8) is 0 Å². The molecule has 19 heteroatoms. The molecule has 0 saturated heterocycles. The van der Waals surface area contributed by atoms with Crippen molar-refractivity contribution >= 4 is 0 Å². The average Bonchev–Trinajstić information content (AvgIpc) is 2.79. The summed E-state index contributed by atoms with van der Waals surface area (Å²) in [6.45, 7) is 3.05. The molecule has 1 rings (SSSR count). The highest BCUT2D eigenvalue weighted by atomic mass is 19.4. The molecule has 0 amide bonds. The van der Waals surface area contributed by atoms with Gasteiger partial charge < -0.3 is 9.47 Å². The Morgan fingerprint density at radius 2 is 1.00 bits per heavy atom. The van der Waals surface area contributed by atoms with Crippen molar-refractivity contribution in [3.8, 4) is 5.75 Å². The number of hydrogen-bond donors (Lipinski definition) is 0. The zero-order chi connectivity index (χ0) is 32.0. The van der Waals surface area contributed by atoms with Crippen LogP contribution in [-0.2, 0) is 4.74 Å². The Morgan fingerprint density at radius 3 is 1.40 bits per heavy atom. The Balaban J connectivity index is 3.59. The molecule has 0 N–H and O–H groups in total. The number of hydrogen-bond acceptors (Lipinski definition) is 2. The van der Waals surface area contributed by atoms with Crippen molar-refractivity contribution in [3.05, 3.63) is 29.8 Å². The molecule has 0 aliphatic heterocycles. The van der Waals surface area contributed by atoms with Crippen LogP contribution in [0, 0.1) is 5.92 Å². The third kappa shape index (κ3) is 5.62. The Kier molecular flexibility index (Phi) is 9.75. The number of halogens is 17. The molecule has 1 aromatic carbocycles. The lowest BCUT2D eigenvalue weighted by Gasteiger charge is -2.43. The minimum absolute atomic E-state index is 0.143. The minimum atomic E-state index is -8.67. The summed E-state index contributed by atoms with van der Waals surface area (Å²) in [4.78, 5) is 0. The van der Waals surface area contributed by atoms with Crippen LogP contribution in [0.4, 0.5) is 74.6 Å². The van der Waals surface area contributed by atoms with E-state index in [0.29, 0.717) is 7.11 Å². The third-order valence-electron chi connectivity index (χ3n) is 5.35. The molecule has 1 atom stereocenters. The van der Waals surface area contributed by atoms with E-state index in [1.807, 2.05) is 0 Å². The molecule has 0 aromatic heterocycles. The van der Waals surface area contributed by atoms with E-state index in [9.17, 15) is 74.6 Å². The van der Waals surface area contributed by atoms with Crippen LogP contribution in [0.3, 0.4) is 0 Å². The summed E-state index contributed by atoms with van der Waals surface area (Å²) in [5.41, 5.74) is -0.585. The molecule has 0 spiro atoms. The topological polar surface area (TPSA) is 18.5 Å². The second-order valence-electron chi connectivity index (χ2n) is 8.82. The summed E-state index contributed by atoms with van der Waals surface area (Å²) in [5.74, 6) is -57.3. The second kappa shape index (κ2) is 10.9. The maximum absolute atomic E-state index is 14.5. The molecule has 0 fully saturated rings. The number of rotatable bonds is 13. The van der Waals surface area contributed by atoms with Gasteiger partial charge >= 0.3 is 47.6 Å². The largest absolute Gasteiger partial charge is 0.493 e. The van der Waals surface area contributed by atoms with E-state index in [4.69, 9.17) is 4.74 Å². The normalized spacial score (nSPS) is 15.9. The van der Waals surface area contributed by atoms with Crippen LogP contribution in [0.5, 0.6) is 5.75 Å². The van der Waals surface area contributed by atoms with Crippen LogP contribution in [0.2, 0.25) is 0 Å². The molecule has 0 radical (unpaired) electrons. The van der Waals surface area contributed by atoms with Crippen molar-refractivity contribution < 1.29 is 84.1 Å². The van der Waals surface area contributed by atoms with Crippen LogP contribution >= 0.6 is 0 Å². The predicted molar refractivity (Wildman–Crippen MR) is 102 cm³/mol. The number of para-hydroxylation sites is 1. The van der Waals surface area contributed by atoms with Gasteiger partial charge in [0.25, 0.3) is 0 Å². The monoisotopic (exact) mass is 626 g/mol. The van der Waals surface area contributed by atoms with Gasteiger partial charge in [-0.15, -0.1) is 0 Å². The lowest BCUT2D eigenvalue weighted by molar-refractivity contribution is -0.462. The van der Waals surface area contributed by atoms with Crippen LogP contribution in [-0.4, -0.2) is 61.4 Å². The Morgan fingerprint density at radius 1 is 0.600 bits per heavy atom. The first-order chi connectivity index (χ1) is 17.6. The number of ether oxygens (including phenoxy) is 2. The van der Waals surface area contributed by atoms with Gasteiger partial charge in [-0.2, -0.15) is 74.6 Å². The SMILES string of the molecule is COC(CC(F)(F)C(F)(F)C(F)(F)C(F)(F)C(F)(F)C(F)(F)C(F)(F)C(F)(F)F)c1ccccc1OCC(C)C. The van der Waals surface area contributed by atoms with E-state index >= 15 is 0 Å². The van der Waals surface area contributed by atoms with Gasteiger partial charge in [-0.3, -0.25) is 0 Å². The smallest absolute Gasteiger partial charge is 0.460 e. The van der Waals surface area contributed by atoms with Crippen molar-refractivity contribution in [2.24, 2.45) is 5.92 Å². The van der Waals surface area contributed by atoms with Crippen molar-refractivity contribution in [2.75, 3.05) is 13.7 Å². The molecule has 0 aliphatic rings. The van der Waals surface area contributed by atoms with E-state index in [1.54, 1.807) is 13.8 Å². The van der Waals surface area contributed by atoms with Gasteiger partial charge in [0.15, 0.2) is 0 Å². The van der Waals surface area contributed by atoms with E-state index in [-0.39, 0.29) is 18.3 Å². The maximum atomic E-state index is 14.5. The van der Waals surface area contributed by atoms with Gasteiger partial charge in [0, 0.05) is 19.1 Å². The fraction of sp³-hybridized carbons (Fsp3) is 0.714. The molecule has 234 valence electrons. The van der Waals surface area contributed by atoms with Gasteiger partial charge in [0.2, 0.25) is 0 Å². The second-order valence-corrected chi connectivity index (χ2v) is 8.82. The van der Waals surface area contributed by atoms with E-state index in [2.05, 4.69) is 4.74 Å². The Hall–Kier alpha value is -2.21. The molecule has 0 heterocycles. The molecular weight excluding hydrogens is 607 g/mol. The summed E-state index contributed by atoms with van der Waals surface area (Å²) in [6, 6.07) is 4.18. The molecule has 1 aromatic rings. The summed E-state index contributed by atoms with van der Waals surface area (Å²) in [6.07, 6.45) is -13.0. The van der Waals surface area contributed by atoms with Crippen molar-refractivity contribution in [2.45, 2.75) is 74.0 Å². The molecule has 1 unspecified atom stereocenters. The molecule has 0 saturated carbocycles. The van der Waals surface area contributed by atoms with E-state index in [0.717, 1.165) is 18.2 Å². The van der Waals surface area contributed by atoms with Crippen LogP contribution in [0.1, 0.15) is 31.9 Å². The first-order valence-corrected chi connectivity index (χ1v) is 10.5. The summed E-state index contributed by atoms with van der Waals surface area (Å²) < 4.78 is 239. The highest BCUT2D eigenvalue weighted by Gasteiger charge is 2.95. The first-order valence-electron chi connectivity index (χ1n) is 10.5. The van der Waals surface area contributed by atoms with Gasteiger partial charge in [0.1, 0.15) is 5.75 Å². The highest BCUT2D eigenvalue weighted by molar-refractivity contribution is 5.35. The highest BCUT2D eigenvalue weighted by Crippen LogP contribution is 2.64. The fourth-order valence-electron chi connectivity index (χ4n) is 3.01. The zero-order valence-electron chi connectivity index (χ0n) is 20.1. The van der Waals surface area contributed by atoms with Gasteiger partial charge in [-0.25, -0.2) is 0 Å². The van der Waals surface area contributed by atoms with Crippen LogP contribution < -0.4 is 4.74 Å². The molecule has 0 bridgehead atoms. The zero-order valence-corrected chi connectivity index (χ0v) is 20.1. The van der Waals surface area contributed by atoms with Crippen molar-refractivity contribution in [1.82, 2.24) is 0 Å². The van der Waals surface area contributed by atoms with E-state index in [1.165, 1.54) is 6.07 Å². The summed E-state index contributed by atoms with van der Waals surface area (Å²) in [7, 11) is 0.527. The Bertz CT molecular complexity index is 1000. The molecule has 40 heavy (non-hydrogen) atoms. The predicted octanol–water partition coefficient (Wildman–Crippen LogP) is 8.81. The van der Waals surface area contributed by atoms with Crippen LogP contribution in [0.15, 0.2) is 24.3 Å². The lowest BCUT2D eigenvalue weighted by Crippen LogP contribution is -2.74. The quantitative estimate of drug-likeness (QED) is 0.204. The van der Waals surface area contributed by atoms with E-state index < -0.39 is 65.7 Å². The Labute approximate surface area is 214 Å². The standard InChI is InChI=1S/C21H19F17O2/c1-10(2)9-40-12-7-5-4-6-11(12)13(39-3)8-14(22,23)15(24,25)16(26,27)17(28,29)18(30,31)19(32,33)20(34,35)21(36,37)38/h4-7,10,13H,8-9H2,1-3H3. The van der Waals surface area contributed by atoms with Crippen LogP contribution in [0.25, 0.3) is 0 Å². The summed E-state index contributed by atoms with van der Waals surface area (Å²) in [5, 5.41) is 0. The third-order valence-corrected chi connectivity index (χ3v) is 5.35. The number of alkyl halides is 17. The number of benzene rings is 1. The molecule has 2 nitrogen and oxygen atoms in total. The minimum Gasteiger partial charge on any atom is -0.493 e. The first kappa shape index (κ1) is 35.8. The fourth-order valence-corrected chi connectivity index (χ4v) is 3.01. The van der Waals surface area contributed by atoms with Crippen molar-refractivity contribution in [1.29, 1.82) is 0 Å². The molecular formula is C21H19F17O2. The number of methoxy groups -OCH3 is 1. The van der Waals surface area contributed by atoms with Gasteiger partial charge in [-0.05, 0) is 12.0 Å². The van der Waals surface area contributed by atoms with Gasteiger partial charge in [0.05, 0.1) is 12.7 Å². The average molecular weight is 626 g/mol. The van der Waals surface area contributed by atoms with Gasteiger partial charge in [-0.1, -0.05) is 32.0 Å². The summed E-state index contributed by atoms with van der Waals surface area (Å²) >= 11 is 0. The maximum Gasteiger partial charge on any atom is 0.460 e. The lowest BCUT2D eigenvalue weighted by atomic mass is 9.87.